The first-order valence-electron chi connectivity index (χ1n) is 5.81. The summed E-state index contributed by atoms with van der Waals surface area (Å²) in [6.45, 7) is 2.05. The van der Waals surface area contributed by atoms with Gasteiger partial charge in [0.2, 0.25) is 0 Å². The Kier molecular flexibility index (Phi) is 3.59. The zero-order chi connectivity index (χ0) is 11.5. The van der Waals surface area contributed by atoms with E-state index >= 15 is 0 Å². The molecule has 1 aliphatic rings. The summed E-state index contributed by atoms with van der Waals surface area (Å²) < 4.78 is 0. The molecule has 0 spiro atoms. The number of nitrogens with one attached hydrogen (secondary N) is 1. The Labute approximate surface area is 96.1 Å². The van der Waals surface area contributed by atoms with E-state index in [1.807, 2.05) is 0 Å². The van der Waals surface area contributed by atoms with Gasteiger partial charge in [-0.1, -0.05) is 23.8 Å². The minimum absolute atomic E-state index is 0.0197. The Morgan fingerprint density at radius 1 is 1.38 bits per heavy atom. The van der Waals surface area contributed by atoms with Crippen molar-refractivity contribution in [3.05, 3.63) is 34.9 Å². The van der Waals surface area contributed by atoms with E-state index in [9.17, 15) is 0 Å². The number of rotatable bonds is 4. The molecule has 1 aromatic rings. The highest BCUT2D eigenvalue weighted by Gasteiger charge is 2.24. The Hall–Kier alpha value is -0.900. The fourth-order valence-corrected chi connectivity index (χ4v) is 2.34. The third-order valence-corrected chi connectivity index (χ3v) is 3.26. The van der Waals surface area contributed by atoms with Gasteiger partial charge in [0.1, 0.15) is 0 Å². The summed E-state index contributed by atoms with van der Waals surface area (Å²) in [5.41, 5.74) is 3.97. The minimum Gasteiger partial charge on any atom is -0.395 e. The van der Waals surface area contributed by atoms with Crippen molar-refractivity contribution in [3.63, 3.8) is 0 Å². The molecule has 0 saturated carbocycles. The molecule has 1 aliphatic carbocycles. The quantitative estimate of drug-likeness (QED) is 0.709. The van der Waals surface area contributed by atoms with Crippen LogP contribution in [0.25, 0.3) is 0 Å². The number of hydrogen-bond donors (Lipinski definition) is 3. The van der Waals surface area contributed by atoms with Crippen molar-refractivity contribution >= 4 is 0 Å². The highest BCUT2D eigenvalue weighted by Crippen LogP contribution is 2.31. The monoisotopic (exact) mass is 221 g/mol. The fourth-order valence-electron chi connectivity index (χ4n) is 2.34. The van der Waals surface area contributed by atoms with E-state index in [2.05, 4.69) is 30.4 Å². The maximum Gasteiger partial charge on any atom is 0.0607 e. The summed E-state index contributed by atoms with van der Waals surface area (Å²) in [7, 11) is 0. The second kappa shape index (κ2) is 4.95. The molecular formula is C13H19NO2. The van der Waals surface area contributed by atoms with E-state index < -0.39 is 0 Å². The van der Waals surface area contributed by atoms with E-state index in [1.54, 1.807) is 0 Å². The van der Waals surface area contributed by atoms with Gasteiger partial charge in [-0.25, -0.2) is 0 Å². The lowest BCUT2D eigenvalue weighted by Crippen LogP contribution is -2.37. The predicted molar refractivity (Wildman–Crippen MR) is 63.3 cm³/mol. The Morgan fingerprint density at radius 3 is 2.81 bits per heavy atom. The number of benzene rings is 1. The summed E-state index contributed by atoms with van der Waals surface area (Å²) >= 11 is 0. The molecule has 0 aromatic heterocycles. The highest BCUT2D eigenvalue weighted by atomic mass is 16.3. The molecule has 0 aliphatic heterocycles. The maximum absolute atomic E-state index is 9.07. The van der Waals surface area contributed by atoms with Crippen molar-refractivity contribution < 1.29 is 10.2 Å². The number of hydrogen-bond acceptors (Lipinski definition) is 3. The Balaban J connectivity index is 2.13. The molecule has 1 unspecified atom stereocenters. The lowest BCUT2D eigenvalue weighted by molar-refractivity contribution is 0.162. The van der Waals surface area contributed by atoms with Crippen LogP contribution in [0.5, 0.6) is 0 Å². The smallest absolute Gasteiger partial charge is 0.0607 e. The molecule has 1 aromatic carbocycles. The first-order valence-corrected chi connectivity index (χ1v) is 5.81. The second-order valence-electron chi connectivity index (χ2n) is 4.52. The van der Waals surface area contributed by atoms with Crippen LogP contribution in [0, 0.1) is 6.92 Å². The average molecular weight is 221 g/mol. The molecule has 0 amide bonds. The third kappa shape index (κ3) is 2.26. The first kappa shape index (κ1) is 11.6. The number of aliphatic hydroxyl groups excluding tert-OH is 2. The predicted octanol–water partition coefficient (Wildman–Crippen LogP) is 0.925. The Bertz CT molecular complexity index is 361. The molecule has 0 radical (unpaired) electrons. The zero-order valence-electron chi connectivity index (χ0n) is 9.61. The van der Waals surface area contributed by atoms with Crippen LogP contribution in [0.2, 0.25) is 0 Å². The standard InChI is InChI=1S/C13H19NO2/c1-9-2-3-10-4-5-13(12(10)6-9)14-11(7-15)8-16/h2-3,6,11,13-16H,4-5,7-8H2,1H3. The van der Waals surface area contributed by atoms with Gasteiger partial charge in [-0.2, -0.15) is 0 Å². The van der Waals surface area contributed by atoms with Gasteiger partial charge in [-0.3, -0.25) is 0 Å². The average Bonchev–Trinajstić information content (AvgIpc) is 2.68. The molecular weight excluding hydrogens is 202 g/mol. The van der Waals surface area contributed by atoms with Crippen molar-refractivity contribution in [1.82, 2.24) is 5.32 Å². The normalized spacial score (nSPS) is 19.1. The van der Waals surface area contributed by atoms with Crippen molar-refractivity contribution in [1.29, 1.82) is 0 Å². The topological polar surface area (TPSA) is 52.5 Å². The van der Waals surface area contributed by atoms with Gasteiger partial charge in [0, 0.05) is 6.04 Å². The van der Waals surface area contributed by atoms with E-state index in [-0.39, 0.29) is 25.3 Å². The molecule has 0 fully saturated rings. The summed E-state index contributed by atoms with van der Waals surface area (Å²) in [6, 6.07) is 6.58. The van der Waals surface area contributed by atoms with Crippen LogP contribution < -0.4 is 5.32 Å². The highest BCUT2D eigenvalue weighted by molar-refractivity contribution is 5.37. The van der Waals surface area contributed by atoms with Gasteiger partial charge in [-0.15, -0.1) is 0 Å². The lowest BCUT2D eigenvalue weighted by atomic mass is 10.0. The molecule has 0 bridgehead atoms. The molecule has 0 saturated heterocycles. The van der Waals surface area contributed by atoms with Gasteiger partial charge < -0.3 is 15.5 Å². The van der Waals surface area contributed by atoms with Crippen molar-refractivity contribution in [3.8, 4) is 0 Å². The summed E-state index contributed by atoms with van der Waals surface area (Å²) in [4.78, 5) is 0. The number of fused-ring (bicyclic) bond motifs is 1. The fraction of sp³-hybridized carbons (Fsp3) is 0.538. The summed E-state index contributed by atoms with van der Waals surface area (Å²) in [5, 5.41) is 21.4. The molecule has 3 N–H and O–H groups in total. The summed E-state index contributed by atoms with van der Waals surface area (Å²) in [5.74, 6) is 0. The largest absolute Gasteiger partial charge is 0.395 e. The Morgan fingerprint density at radius 2 is 2.12 bits per heavy atom. The van der Waals surface area contributed by atoms with E-state index in [0.29, 0.717) is 0 Å². The number of aryl methyl sites for hydroxylation is 2. The maximum atomic E-state index is 9.07. The van der Waals surface area contributed by atoms with Crippen LogP contribution in [0.3, 0.4) is 0 Å². The molecule has 3 heteroatoms. The van der Waals surface area contributed by atoms with Gasteiger partial charge in [-0.05, 0) is 30.9 Å². The van der Waals surface area contributed by atoms with Crippen LogP contribution in [0.1, 0.15) is 29.2 Å². The first-order chi connectivity index (χ1) is 7.74. The van der Waals surface area contributed by atoms with Crippen LogP contribution in [-0.4, -0.2) is 29.5 Å². The van der Waals surface area contributed by atoms with Gasteiger partial charge >= 0.3 is 0 Å². The number of aliphatic hydroxyl groups is 2. The molecule has 2 rings (SSSR count). The van der Waals surface area contributed by atoms with E-state index in [0.717, 1.165) is 12.8 Å². The van der Waals surface area contributed by atoms with Gasteiger partial charge in [0.15, 0.2) is 0 Å². The van der Waals surface area contributed by atoms with Crippen molar-refractivity contribution in [2.24, 2.45) is 0 Å². The van der Waals surface area contributed by atoms with Gasteiger partial charge in [0.05, 0.1) is 19.3 Å². The molecule has 0 heterocycles. The minimum atomic E-state index is -0.212. The molecule has 88 valence electrons. The van der Waals surface area contributed by atoms with Crippen molar-refractivity contribution in [2.45, 2.75) is 31.8 Å². The second-order valence-corrected chi connectivity index (χ2v) is 4.52. The van der Waals surface area contributed by atoms with E-state index in [4.69, 9.17) is 10.2 Å². The van der Waals surface area contributed by atoms with Gasteiger partial charge in [0.25, 0.3) is 0 Å². The van der Waals surface area contributed by atoms with Crippen LogP contribution >= 0.6 is 0 Å². The van der Waals surface area contributed by atoms with E-state index in [1.165, 1.54) is 16.7 Å². The van der Waals surface area contributed by atoms with Crippen LogP contribution in [0.4, 0.5) is 0 Å². The molecule has 3 nitrogen and oxygen atoms in total. The lowest BCUT2D eigenvalue weighted by Gasteiger charge is -2.20. The molecule has 16 heavy (non-hydrogen) atoms. The molecule has 1 atom stereocenters. The third-order valence-electron chi connectivity index (χ3n) is 3.26. The SMILES string of the molecule is Cc1ccc2c(c1)C(NC(CO)CO)CC2. The zero-order valence-corrected chi connectivity index (χ0v) is 9.61. The summed E-state index contributed by atoms with van der Waals surface area (Å²) in [6.07, 6.45) is 2.13. The van der Waals surface area contributed by atoms with Crippen molar-refractivity contribution in [2.75, 3.05) is 13.2 Å². The van der Waals surface area contributed by atoms with Crippen LogP contribution in [0.15, 0.2) is 18.2 Å². The van der Waals surface area contributed by atoms with Crippen LogP contribution in [-0.2, 0) is 6.42 Å².